The highest BCUT2D eigenvalue weighted by molar-refractivity contribution is 9.11. The molecule has 0 aliphatic heterocycles. The molecule has 1 aromatic carbocycles. The zero-order chi connectivity index (χ0) is 18.0. The van der Waals surface area contributed by atoms with E-state index in [1.165, 1.54) is 6.07 Å². The van der Waals surface area contributed by atoms with Crippen molar-refractivity contribution in [2.45, 2.75) is 23.6 Å². The first-order valence-electron chi connectivity index (χ1n) is 7.34. The predicted molar refractivity (Wildman–Crippen MR) is 101 cm³/mol. The molecule has 0 saturated carbocycles. The number of rotatable bonds is 6. The van der Waals surface area contributed by atoms with E-state index in [-0.39, 0.29) is 16.5 Å². The molecule has 2 heterocycles. The van der Waals surface area contributed by atoms with Crippen LogP contribution < -0.4 is 10.0 Å². The number of hydrogen-bond donors (Lipinski definition) is 3. The van der Waals surface area contributed by atoms with Gasteiger partial charge < -0.3 is 5.32 Å². The molecule has 25 heavy (non-hydrogen) atoms. The van der Waals surface area contributed by atoms with Crippen LogP contribution in [0.4, 0.5) is 5.69 Å². The third kappa shape index (κ3) is 4.46. The molecule has 1 atom stereocenters. The van der Waals surface area contributed by atoms with E-state index in [0.717, 1.165) is 26.0 Å². The van der Waals surface area contributed by atoms with Gasteiger partial charge in [0.25, 0.3) is 0 Å². The number of nitrogens with zero attached hydrogens (tertiary/aromatic N) is 1. The van der Waals surface area contributed by atoms with Crippen LogP contribution in [0.1, 0.15) is 13.3 Å². The van der Waals surface area contributed by atoms with Crippen LogP contribution in [0.25, 0.3) is 10.9 Å². The smallest absolute Gasteiger partial charge is 0.250 e. The number of halogens is 1. The number of nitrogens with one attached hydrogen (secondary N) is 3. The van der Waals surface area contributed by atoms with Crippen molar-refractivity contribution in [2.24, 2.45) is 0 Å². The topological polar surface area (TPSA) is 104 Å². The normalized spacial score (nSPS) is 13.0. The molecule has 0 spiro atoms. The summed E-state index contributed by atoms with van der Waals surface area (Å²) in [5.41, 5.74) is 1.44. The monoisotopic (exact) mass is 442 g/mol. The van der Waals surface area contributed by atoms with Crippen LogP contribution in [-0.4, -0.2) is 30.6 Å². The van der Waals surface area contributed by atoms with Crippen molar-refractivity contribution in [2.75, 3.05) is 5.32 Å². The van der Waals surface area contributed by atoms with Gasteiger partial charge in [-0.1, -0.05) is 0 Å². The van der Waals surface area contributed by atoms with Crippen LogP contribution in [-0.2, 0) is 14.8 Å². The number of fused-ring (bicyclic) bond motifs is 1. The van der Waals surface area contributed by atoms with E-state index in [0.29, 0.717) is 5.69 Å². The van der Waals surface area contributed by atoms with Gasteiger partial charge in [-0.25, -0.2) is 13.1 Å². The van der Waals surface area contributed by atoms with E-state index in [9.17, 15) is 13.2 Å². The van der Waals surface area contributed by atoms with Crippen LogP contribution in [0, 0.1) is 0 Å². The summed E-state index contributed by atoms with van der Waals surface area (Å²) in [5.74, 6) is -0.276. The Morgan fingerprint density at radius 3 is 2.88 bits per heavy atom. The highest BCUT2D eigenvalue weighted by Gasteiger charge is 2.21. The first-order valence-corrected chi connectivity index (χ1v) is 10.4. The predicted octanol–water partition coefficient (Wildman–Crippen LogP) is 3.08. The number of carbonyl (C=O) groups is 1. The number of hydrogen-bond acceptors (Lipinski definition) is 5. The Morgan fingerprint density at radius 1 is 1.36 bits per heavy atom. The summed E-state index contributed by atoms with van der Waals surface area (Å²) in [5, 5.41) is 10.5. The number of sulfonamides is 1. The van der Waals surface area contributed by atoms with Crippen molar-refractivity contribution < 1.29 is 13.2 Å². The van der Waals surface area contributed by atoms with Crippen molar-refractivity contribution in [1.29, 1.82) is 0 Å². The lowest BCUT2D eigenvalue weighted by Gasteiger charge is -2.13. The molecule has 0 fully saturated rings. The van der Waals surface area contributed by atoms with E-state index in [2.05, 4.69) is 36.2 Å². The average Bonchev–Trinajstić information content (AvgIpc) is 3.14. The summed E-state index contributed by atoms with van der Waals surface area (Å²) in [6.07, 6.45) is 1.72. The van der Waals surface area contributed by atoms with E-state index in [4.69, 9.17) is 0 Å². The molecule has 0 radical (unpaired) electrons. The molecule has 132 valence electrons. The standard InChI is InChI=1S/C15H15BrN4O3S2/c1-9(20-25(22,23)15-5-4-13(16)24-15)6-14(21)18-11-3-2-10-8-17-19-12(10)7-11/h2-5,7-9,20H,6H2,1H3,(H,17,19)(H,18,21). The summed E-state index contributed by atoms with van der Waals surface area (Å²) in [7, 11) is -3.63. The van der Waals surface area contributed by atoms with Crippen molar-refractivity contribution in [3.05, 3.63) is 40.3 Å². The Bertz CT molecular complexity index is 1010. The largest absolute Gasteiger partial charge is 0.326 e. The molecule has 1 amide bonds. The lowest BCUT2D eigenvalue weighted by Crippen LogP contribution is -2.35. The fraction of sp³-hybridized carbons (Fsp3) is 0.200. The lowest BCUT2D eigenvalue weighted by atomic mass is 10.2. The van der Waals surface area contributed by atoms with Gasteiger partial charge in [0.15, 0.2) is 0 Å². The number of aromatic amines is 1. The lowest BCUT2D eigenvalue weighted by molar-refractivity contribution is -0.116. The fourth-order valence-electron chi connectivity index (χ4n) is 2.31. The third-order valence-corrected chi connectivity index (χ3v) is 7.09. The van der Waals surface area contributed by atoms with Crippen molar-refractivity contribution in [3.8, 4) is 0 Å². The maximum Gasteiger partial charge on any atom is 0.250 e. The molecule has 3 N–H and O–H groups in total. The number of thiophene rings is 1. The first-order chi connectivity index (χ1) is 11.8. The van der Waals surface area contributed by atoms with E-state index < -0.39 is 16.1 Å². The number of H-pyrrole nitrogens is 1. The highest BCUT2D eigenvalue weighted by atomic mass is 79.9. The van der Waals surface area contributed by atoms with Gasteiger partial charge in [0.2, 0.25) is 15.9 Å². The van der Waals surface area contributed by atoms with E-state index >= 15 is 0 Å². The quantitative estimate of drug-likeness (QED) is 0.545. The molecular formula is C15H15BrN4O3S2. The van der Waals surface area contributed by atoms with Crippen LogP contribution >= 0.6 is 27.3 Å². The number of carbonyl (C=O) groups excluding carboxylic acids is 1. The summed E-state index contributed by atoms with van der Waals surface area (Å²) in [6.45, 7) is 1.65. The maximum absolute atomic E-state index is 12.2. The molecule has 0 saturated heterocycles. The van der Waals surface area contributed by atoms with Crippen LogP contribution in [0.15, 0.2) is 44.5 Å². The maximum atomic E-state index is 12.2. The Labute approximate surface area is 157 Å². The Kier molecular flexibility index (Phi) is 5.23. The minimum Gasteiger partial charge on any atom is -0.326 e. The second kappa shape index (κ2) is 7.24. The molecule has 2 aromatic heterocycles. The number of benzene rings is 1. The molecule has 0 bridgehead atoms. The van der Waals surface area contributed by atoms with Gasteiger partial charge >= 0.3 is 0 Å². The minimum absolute atomic E-state index is 0.0206. The molecular weight excluding hydrogens is 428 g/mol. The fourth-order valence-corrected chi connectivity index (χ4v) is 5.58. The number of anilines is 1. The Hall–Kier alpha value is -1.75. The molecule has 0 aliphatic carbocycles. The average molecular weight is 443 g/mol. The molecule has 10 heteroatoms. The molecule has 0 aliphatic rings. The van der Waals surface area contributed by atoms with Crippen LogP contribution in [0.3, 0.4) is 0 Å². The van der Waals surface area contributed by atoms with Gasteiger partial charge in [-0.2, -0.15) is 5.10 Å². The molecule has 1 unspecified atom stereocenters. The third-order valence-electron chi connectivity index (χ3n) is 3.39. The molecule has 3 aromatic rings. The summed E-state index contributed by atoms with van der Waals surface area (Å²) < 4.78 is 27.9. The SMILES string of the molecule is CC(CC(=O)Nc1ccc2cn[nH]c2c1)NS(=O)(=O)c1ccc(Br)s1. The number of amides is 1. The van der Waals surface area contributed by atoms with Crippen molar-refractivity contribution >= 4 is 59.8 Å². The summed E-state index contributed by atoms with van der Waals surface area (Å²) in [4.78, 5) is 12.1. The van der Waals surface area contributed by atoms with Gasteiger partial charge in [0, 0.05) is 23.5 Å². The zero-order valence-electron chi connectivity index (χ0n) is 13.1. The zero-order valence-corrected chi connectivity index (χ0v) is 16.3. The van der Waals surface area contributed by atoms with E-state index in [1.807, 2.05) is 6.07 Å². The van der Waals surface area contributed by atoms with Gasteiger partial charge in [-0.05, 0) is 53.2 Å². The minimum atomic E-state index is -3.63. The molecule has 7 nitrogen and oxygen atoms in total. The van der Waals surface area contributed by atoms with Gasteiger partial charge in [0.05, 0.1) is 15.5 Å². The Morgan fingerprint density at radius 2 is 2.16 bits per heavy atom. The second-order valence-electron chi connectivity index (χ2n) is 5.51. The summed E-state index contributed by atoms with van der Waals surface area (Å²) in [6, 6.07) is 8.04. The van der Waals surface area contributed by atoms with Gasteiger partial charge in [-0.15, -0.1) is 11.3 Å². The summed E-state index contributed by atoms with van der Waals surface area (Å²) >= 11 is 4.35. The number of aromatic nitrogens is 2. The Balaban J connectivity index is 1.60. The van der Waals surface area contributed by atoms with Gasteiger partial charge in [0.1, 0.15) is 4.21 Å². The van der Waals surface area contributed by atoms with Crippen molar-refractivity contribution in [1.82, 2.24) is 14.9 Å². The van der Waals surface area contributed by atoms with Crippen molar-refractivity contribution in [3.63, 3.8) is 0 Å². The highest BCUT2D eigenvalue weighted by Crippen LogP contribution is 2.26. The molecule has 3 rings (SSSR count). The first kappa shape index (κ1) is 18.1. The van der Waals surface area contributed by atoms with E-state index in [1.54, 1.807) is 31.3 Å². The second-order valence-corrected chi connectivity index (χ2v) is 9.91. The van der Waals surface area contributed by atoms with Gasteiger partial charge in [-0.3, -0.25) is 9.89 Å². The van der Waals surface area contributed by atoms with Crippen LogP contribution in [0.2, 0.25) is 0 Å². The van der Waals surface area contributed by atoms with Crippen LogP contribution in [0.5, 0.6) is 0 Å².